The van der Waals surface area contributed by atoms with Crippen LogP contribution in [0.2, 0.25) is 0 Å². The van der Waals surface area contributed by atoms with Crippen LogP contribution < -0.4 is 0 Å². The van der Waals surface area contributed by atoms with Crippen molar-refractivity contribution in [2.45, 2.75) is 0 Å². The van der Waals surface area contributed by atoms with Crippen LogP contribution in [0.4, 0.5) is 8.78 Å². The maximum absolute atomic E-state index is 13.6. The molecule has 10 rings (SSSR count). The highest BCUT2D eigenvalue weighted by Crippen LogP contribution is 2.39. The third-order valence-corrected chi connectivity index (χ3v) is 9.66. The summed E-state index contributed by atoms with van der Waals surface area (Å²) in [5.41, 5.74) is 3.80. The molecule has 0 unspecified atom stereocenters. The Hall–Kier alpha value is -5.72. The molecule has 0 aliphatic rings. The molecule has 46 heavy (non-hydrogen) atoms. The molecule has 0 aliphatic carbocycles. The summed E-state index contributed by atoms with van der Waals surface area (Å²) in [6.07, 6.45) is 3.38. The van der Waals surface area contributed by atoms with Gasteiger partial charge in [0.05, 0.1) is 12.4 Å². The summed E-state index contributed by atoms with van der Waals surface area (Å²) >= 11 is 2.76. The van der Waals surface area contributed by atoms with Gasteiger partial charge in [0.2, 0.25) is 11.8 Å². The van der Waals surface area contributed by atoms with E-state index in [1.54, 1.807) is 36.7 Å². The first-order chi connectivity index (χ1) is 22.5. The van der Waals surface area contributed by atoms with Gasteiger partial charge in [-0.15, -0.1) is 22.7 Å². The third-order valence-electron chi connectivity index (χ3n) is 7.66. The Morgan fingerprint density at radius 1 is 0.478 bits per heavy atom. The molecule has 220 valence electrons. The lowest BCUT2D eigenvalue weighted by molar-refractivity contribution is 0.619. The van der Waals surface area contributed by atoms with Gasteiger partial charge in [-0.1, -0.05) is 0 Å². The van der Waals surface area contributed by atoms with Gasteiger partial charge in [0, 0.05) is 10.8 Å². The van der Waals surface area contributed by atoms with E-state index < -0.39 is 0 Å². The first-order valence-electron chi connectivity index (χ1n) is 14.0. The Morgan fingerprint density at radius 2 is 0.957 bits per heavy atom. The maximum atomic E-state index is 13.6. The first-order valence-corrected chi connectivity index (χ1v) is 15.6. The number of rotatable bonds is 4. The number of fused-ring (bicyclic) bond motifs is 5. The normalized spacial score (nSPS) is 12.1. The van der Waals surface area contributed by atoms with E-state index >= 15 is 0 Å². The molecule has 10 aromatic rings. The van der Waals surface area contributed by atoms with E-state index in [1.807, 2.05) is 24.3 Å². The van der Waals surface area contributed by atoms with E-state index in [-0.39, 0.29) is 11.6 Å². The summed E-state index contributed by atoms with van der Waals surface area (Å²) in [6.45, 7) is 0. The lowest BCUT2D eigenvalue weighted by Gasteiger charge is -1.96. The van der Waals surface area contributed by atoms with E-state index in [9.17, 15) is 8.78 Å². The average molecular weight is 645 g/mol. The molecule has 0 aliphatic heterocycles. The van der Waals surface area contributed by atoms with Crippen LogP contribution in [-0.4, -0.2) is 19.9 Å². The molecule has 0 bridgehead atoms. The zero-order chi connectivity index (χ0) is 30.5. The molecular formula is C34H14F2N4O4S2. The number of benzene rings is 4. The van der Waals surface area contributed by atoms with Crippen molar-refractivity contribution in [3.8, 4) is 43.1 Å². The summed E-state index contributed by atoms with van der Waals surface area (Å²) in [6, 6.07) is 20.1. The van der Waals surface area contributed by atoms with E-state index in [1.165, 1.54) is 46.9 Å². The molecule has 6 heterocycles. The fourth-order valence-corrected chi connectivity index (χ4v) is 7.11. The molecule has 0 radical (unpaired) electrons. The molecule has 0 saturated carbocycles. The van der Waals surface area contributed by atoms with Gasteiger partial charge < -0.3 is 17.7 Å². The number of oxazole rings is 2. The maximum Gasteiger partial charge on any atom is 0.239 e. The van der Waals surface area contributed by atoms with Gasteiger partial charge in [-0.3, -0.25) is 0 Å². The fourth-order valence-electron chi connectivity index (χ4n) is 5.52. The summed E-state index contributed by atoms with van der Waals surface area (Å²) in [4.78, 5) is 19.9. The van der Waals surface area contributed by atoms with Crippen molar-refractivity contribution in [2.24, 2.45) is 0 Å². The number of nitrogens with zero attached hydrogens (tertiary/aromatic N) is 4. The SMILES string of the molecule is Fc1ccc2oc(-c3ncc(-c4nc5cc6cc7oc(-c8cnc(-c9cc%10cc(F)ccc%10o9)s8)nc7cc6cc5o4)s3)cc2c1. The van der Waals surface area contributed by atoms with E-state index in [0.717, 1.165) is 20.5 Å². The van der Waals surface area contributed by atoms with Crippen molar-refractivity contribution < 1.29 is 26.4 Å². The van der Waals surface area contributed by atoms with Gasteiger partial charge in [-0.2, -0.15) is 0 Å². The topological polar surface area (TPSA) is 104 Å². The largest absolute Gasteiger partial charge is 0.454 e. The third kappa shape index (κ3) is 4.07. The number of hydrogen-bond donors (Lipinski definition) is 0. The van der Waals surface area contributed by atoms with Crippen LogP contribution in [0.1, 0.15) is 0 Å². The second-order valence-electron chi connectivity index (χ2n) is 10.7. The first kappa shape index (κ1) is 25.6. The lowest BCUT2D eigenvalue weighted by atomic mass is 10.1. The molecule has 0 spiro atoms. The van der Waals surface area contributed by atoms with Gasteiger partial charge in [0.15, 0.2) is 32.7 Å². The highest BCUT2D eigenvalue weighted by Gasteiger charge is 2.19. The van der Waals surface area contributed by atoms with Crippen molar-refractivity contribution in [1.29, 1.82) is 0 Å². The number of aromatic nitrogens is 4. The molecule has 0 amide bonds. The van der Waals surface area contributed by atoms with E-state index in [2.05, 4.69) is 9.97 Å². The van der Waals surface area contributed by atoms with Gasteiger partial charge in [-0.25, -0.2) is 28.7 Å². The summed E-state index contributed by atoms with van der Waals surface area (Å²) in [7, 11) is 0. The van der Waals surface area contributed by atoms with Crippen molar-refractivity contribution in [3.05, 3.63) is 96.8 Å². The number of hydrogen-bond acceptors (Lipinski definition) is 10. The van der Waals surface area contributed by atoms with Crippen LogP contribution in [0, 0.1) is 11.6 Å². The van der Waals surface area contributed by atoms with Crippen LogP contribution in [-0.2, 0) is 0 Å². The standard InChI is InChI=1S/C34H14F2N4O4S2/c35-19-1-3-23-17(5-19)11-27(41-23)33-37-13-29(45-33)31-39-21-7-15-10-26-22(8-16(15)9-25(21)43-31)40-32(44-26)30-14-38-34(46-30)28-12-18-6-20(36)2-4-24(18)42-28/h1-14H. The van der Waals surface area contributed by atoms with E-state index in [4.69, 9.17) is 27.6 Å². The smallest absolute Gasteiger partial charge is 0.239 e. The van der Waals surface area contributed by atoms with Gasteiger partial charge in [0.1, 0.15) is 43.6 Å². The molecule has 6 aromatic heterocycles. The van der Waals surface area contributed by atoms with E-state index in [0.29, 0.717) is 77.5 Å². The second-order valence-corrected chi connectivity index (χ2v) is 12.7. The van der Waals surface area contributed by atoms with Crippen LogP contribution in [0.25, 0.3) is 98.0 Å². The van der Waals surface area contributed by atoms with Gasteiger partial charge in [0.25, 0.3) is 0 Å². The van der Waals surface area contributed by atoms with Crippen molar-refractivity contribution >= 4 is 77.6 Å². The Kier molecular flexibility index (Phi) is 5.23. The van der Waals surface area contributed by atoms with Crippen LogP contribution in [0.15, 0.2) is 103 Å². The minimum Gasteiger partial charge on any atom is -0.454 e. The lowest BCUT2D eigenvalue weighted by Crippen LogP contribution is -1.76. The molecule has 12 heteroatoms. The Labute approximate surface area is 263 Å². The Morgan fingerprint density at radius 3 is 1.43 bits per heavy atom. The predicted molar refractivity (Wildman–Crippen MR) is 172 cm³/mol. The van der Waals surface area contributed by atoms with Gasteiger partial charge in [-0.05, 0) is 83.6 Å². The molecule has 0 N–H and O–H groups in total. The highest BCUT2D eigenvalue weighted by atomic mass is 32.1. The van der Waals surface area contributed by atoms with Crippen LogP contribution in [0.5, 0.6) is 0 Å². The summed E-state index contributed by atoms with van der Waals surface area (Å²) in [5.74, 6) is 1.34. The molecule has 4 aromatic carbocycles. The number of furan rings is 2. The molecule has 8 nitrogen and oxygen atoms in total. The minimum absolute atomic E-state index is 0.323. The summed E-state index contributed by atoms with van der Waals surface area (Å²) < 4.78 is 51.3. The number of thiazole rings is 2. The van der Waals surface area contributed by atoms with Crippen LogP contribution >= 0.6 is 22.7 Å². The molecule has 0 fully saturated rings. The highest BCUT2D eigenvalue weighted by molar-refractivity contribution is 7.18. The Balaban J connectivity index is 0.968. The van der Waals surface area contributed by atoms with Crippen LogP contribution in [0.3, 0.4) is 0 Å². The summed E-state index contributed by atoms with van der Waals surface area (Å²) in [5, 5.41) is 4.46. The van der Waals surface area contributed by atoms with Crippen molar-refractivity contribution in [2.75, 3.05) is 0 Å². The molecule has 0 atom stereocenters. The second kappa shape index (κ2) is 9.39. The molecule has 0 saturated heterocycles. The quantitative estimate of drug-likeness (QED) is 0.186. The average Bonchev–Trinajstić information content (AvgIpc) is 3.87. The van der Waals surface area contributed by atoms with Crippen molar-refractivity contribution in [3.63, 3.8) is 0 Å². The molecular weight excluding hydrogens is 631 g/mol. The number of halogens is 2. The zero-order valence-corrected chi connectivity index (χ0v) is 24.7. The zero-order valence-electron chi connectivity index (χ0n) is 23.1. The predicted octanol–water partition coefficient (Wildman–Crippen LogP) is 10.5. The Bertz CT molecular complexity index is 2560. The van der Waals surface area contributed by atoms with Crippen molar-refractivity contribution in [1.82, 2.24) is 19.9 Å². The fraction of sp³-hybridized carbons (Fsp3) is 0. The monoisotopic (exact) mass is 644 g/mol. The van der Waals surface area contributed by atoms with Gasteiger partial charge >= 0.3 is 0 Å². The minimum atomic E-state index is -0.323.